The summed E-state index contributed by atoms with van der Waals surface area (Å²) in [4.78, 5) is 11.7. The Labute approximate surface area is 172 Å². The number of hydrogen-bond donors (Lipinski definition) is 1. The maximum Gasteiger partial charge on any atom is 0.224 e. The van der Waals surface area contributed by atoms with E-state index in [2.05, 4.69) is 33.9 Å². The van der Waals surface area contributed by atoms with Gasteiger partial charge in [0.25, 0.3) is 0 Å². The molecule has 0 bridgehead atoms. The zero-order valence-electron chi connectivity index (χ0n) is 16.7. The third-order valence-electron chi connectivity index (χ3n) is 6.66. The number of aromatic nitrogens is 2. The predicted molar refractivity (Wildman–Crippen MR) is 115 cm³/mol. The summed E-state index contributed by atoms with van der Waals surface area (Å²) in [5.41, 5.74) is 2.27. The lowest BCUT2D eigenvalue weighted by atomic mass is 9.96. The molecule has 0 aromatic carbocycles. The van der Waals surface area contributed by atoms with E-state index >= 15 is 0 Å². The molecular weight excluding hydrogens is 386 g/mol. The molecule has 1 atom stereocenters. The molecule has 0 radical (unpaired) electrons. The second-order valence-corrected chi connectivity index (χ2v) is 10.6. The minimum Gasteiger partial charge on any atom is -0.351 e. The van der Waals surface area contributed by atoms with Crippen LogP contribution in [0.4, 0.5) is 11.8 Å². The summed E-state index contributed by atoms with van der Waals surface area (Å²) in [5.74, 6) is 1.52. The van der Waals surface area contributed by atoms with Crippen molar-refractivity contribution in [3.63, 3.8) is 0 Å². The van der Waals surface area contributed by atoms with Gasteiger partial charge in [0.2, 0.25) is 16.0 Å². The fraction of sp³-hybridized carbons (Fsp3) is 0.524. The van der Waals surface area contributed by atoms with Gasteiger partial charge in [-0.1, -0.05) is 18.7 Å². The molecule has 29 heavy (non-hydrogen) atoms. The normalized spacial score (nSPS) is 26.2. The van der Waals surface area contributed by atoms with Crippen LogP contribution in [-0.2, 0) is 10.0 Å². The van der Waals surface area contributed by atoms with Crippen LogP contribution in [0, 0.1) is 5.41 Å². The van der Waals surface area contributed by atoms with E-state index in [1.54, 1.807) is 0 Å². The number of nitrogens with zero attached hydrogens (tertiary/aromatic N) is 4. The summed E-state index contributed by atoms with van der Waals surface area (Å²) in [5, 5.41) is 3.43. The highest BCUT2D eigenvalue weighted by molar-refractivity contribution is 7.88. The van der Waals surface area contributed by atoms with Gasteiger partial charge >= 0.3 is 0 Å². The van der Waals surface area contributed by atoms with Crippen LogP contribution in [0.1, 0.15) is 37.7 Å². The second-order valence-electron chi connectivity index (χ2n) is 8.63. The number of nitrogens with one attached hydrogen (secondary N) is 1. The maximum atomic E-state index is 11.7. The Morgan fingerprint density at radius 2 is 2.00 bits per heavy atom. The number of sulfonamides is 1. The van der Waals surface area contributed by atoms with Crippen LogP contribution in [0.25, 0.3) is 6.08 Å². The molecular formula is C21H27N5O2S. The summed E-state index contributed by atoms with van der Waals surface area (Å²) in [6.45, 7) is 5.34. The fourth-order valence-electron chi connectivity index (χ4n) is 4.81. The number of piperidine rings is 1. The summed E-state index contributed by atoms with van der Waals surface area (Å²) in [7, 11) is -3.12. The van der Waals surface area contributed by atoms with Gasteiger partial charge < -0.3 is 10.2 Å². The Balaban J connectivity index is 1.35. The lowest BCUT2D eigenvalue weighted by molar-refractivity contribution is 0.331. The van der Waals surface area contributed by atoms with Gasteiger partial charge in [-0.05, 0) is 44.3 Å². The Hall–Kier alpha value is -2.19. The average molecular weight is 414 g/mol. The van der Waals surface area contributed by atoms with Gasteiger partial charge in [0.1, 0.15) is 5.82 Å². The van der Waals surface area contributed by atoms with Crippen molar-refractivity contribution >= 4 is 27.9 Å². The molecule has 2 aliphatic carbocycles. The van der Waals surface area contributed by atoms with Gasteiger partial charge in [-0.2, -0.15) is 4.98 Å². The van der Waals surface area contributed by atoms with Crippen LogP contribution in [0.15, 0.2) is 36.7 Å². The van der Waals surface area contributed by atoms with Crippen LogP contribution in [-0.4, -0.2) is 54.1 Å². The van der Waals surface area contributed by atoms with Crippen molar-refractivity contribution < 1.29 is 8.42 Å². The molecule has 1 aromatic heterocycles. The summed E-state index contributed by atoms with van der Waals surface area (Å²) in [6, 6.07) is 0.546. The quantitative estimate of drug-likeness (QED) is 0.765. The maximum absolute atomic E-state index is 11.7. The lowest BCUT2D eigenvalue weighted by Crippen LogP contribution is -2.42. The van der Waals surface area contributed by atoms with E-state index < -0.39 is 10.0 Å². The Morgan fingerprint density at radius 3 is 2.69 bits per heavy atom. The Kier molecular flexibility index (Phi) is 4.33. The smallest absolute Gasteiger partial charge is 0.224 e. The van der Waals surface area contributed by atoms with E-state index in [9.17, 15) is 8.42 Å². The molecule has 7 nitrogen and oxygen atoms in total. The molecule has 3 heterocycles. The van der Waals surface area contributed by atoms with E-state index in [1.807, 2.05) is 18.3 Å². The molecule has 0 unspecified atom stereocenters. The van der Waals surface area contributed by atoms with E-state index in [-0.39, 0.29) is 11.5 Å². The van der Waals surface area contributed by atoms with Gasteiger partial charge in [-0.15, -0.1) is 0 Å². The Morgan fingerprint density at radius 1 is 1.24 bits per heavy atom. The monoisotopic (exact) mass is 413 g/mol. The first-order chi connectivity index (χ1) is 13.9. The SMILES string of the molecule is C=C1C=Cc2cnc(NC3CCN(S(C)(=O)=O)CC3)nc2N1[C@@H]1CC=CC12CC2. The predicted octanol–water partition coefficient (Wildman–Crippen LogP) is 2.77. The highest BCUT2D eigenvalue weighted by atomic mass is 32.2. The van der Waals surface area contributed by atoms with E-state index in [1.165, 1.54) is 23.4 Å². The van der Waals surface area contributed by atoms with Crippen molar-refractivity contribution in [1.29, 1.82) is 0 Å². The van der Waals surface area contributed by atoms with E-state index in [0.717, 1.165) is 36.3 Å². The standard InChI is InChI=1S/C21H27N5O2S/c1-15-5-6-16-14-22-20(23-17-7-12-25(13-8-17)29(2,27)28)24-19(16)26(15)18-4-3-9-21(18)10-11-21/h3,5-6,9,14,17-18H,1,4,7-8,10-13H2,2H3,(H,22,23,24)/t18-/m1/s1. The molecule has 8 heteroatoms. The first-order valence-electron chi connectivity index (χ1n) is 10.3. The first-order valence-corrected chi connectivity index (χ1v) is 12.1. The van der Waals surface area contributed by atoms with Crippen molar-refractivity contribution in [2.24, 2.45) is 5.41 Å². The van der Waals surface area contributed by atoms with Crippen LogP contribution >= 0.6 is 0 Å². The van der Waals surface area contributed by atoms with Crippen LogP contribution < -0.4 is 10.2 Å². The van der Waals surface area contributed by atoms with Crippen molar-refractivity contribution in [2.75, 3.05) is 29.6 Å². The molecule has 5 rings (SSSR count). The zero-order valence-corrected chi connectivity index (χ0v) is 17.5. The molecule has 154 valence electrons. The van der Waals surface area contributed by atoms with Gasteiger partial charge in [0.05, 0.1) is 6.26 Å². The largest absolute Gasteiger partial charge is 0.351 e. The highest BCUT2D eigenvalue weighted by Crippen LogP contribution is 2.57. The number of hydrogen-bond acceptors (Lipinski definition) is 6. The molecule has 2 fully saturated rings. The van der Waals surface area contributed by atoms with Gasteiger partial charge in [-0.3, -0.25) is 0 Å². The highest BCUT2D eigenvalue weighted by Gasteiger charge is 2.52. The van der Waals surface area contributed by atoms with Gasteiger partial charge in [-0.25, -0.2) is 17.7 Å². The summed E-state index contributed by atoms with van der Waals surface area (Å²) in [6.07, 6.45) is 16.9. The number of allylic oxidation sites excluding steroid dienone is 1. The van der Waals surface area contributed by atoms with Crippen LogP contribution in [0.3, 0.4) is 0 Å². The van der Waals surface area contributed by atoms with Gasteiger partial charge in [0.15, 0.2) is 0 Å². The van der Waals surface area contributed by atoms with Crippen molar-refractivity contribution in [3.8, 4) is 0 Å². The minimum absolute atomic E-state index is 0.171. The Bertz CT molecular complexity index is 1000. The summed E-state index contributed by atoms with van der Waals surface area (Å²) < 4.78 is 25.0. The molecule has 2 aliphatic heterocycles. The van der Waals surface area contributed by atoms with Crippen LogP contribution in [0.5, 0.6) is 0 Å². The van der Waals surface area contributed by atoms with Gasteiger partial charge in [0, 0.05) is 48.0 Å². The first kappa shape index (κ1) is 18.8. The molecule has 1 saturated carbocycles. The third-order valence-corrected chi connectivity index (χ3v) is 7.96. The minimum atomic E-state index is -3.12. The van der Waals surface area contributed by atoms with Crippen LogP contribution in [0.2, 0.25) is 0 Å². The van der Waals surface area contributed by atoms with Crippen molar-refractivity contribution in [1.82, 2.24) is 14.3 Å². The van der Waals surface area contributed by atoms with E-state index in [0.29, 0.717) is 25.1 Å². The topological polar surface area (TPSA) is 78.4 Å². The second kappa shape index (κ2) is 6.67. The number of rotatable bonds is 4. The molecule has 1 saturated heterocycles. The third kappa shape index (κ3) is 3.38. The summed E-state index contributed by atoms with van der Waals surface area (Å²) >= 11 is 0. The average Bonchev–Trinajstić information content (AvgIpc) is 3.35. The lowest BCUT2D eigenvalue weighted by Gasteiger charge is -2.37. The molecule has 1 spiro atoms. The molecule has 1 N–H and O–H groups in total. The van der Waals surface area contributed by atoms with E-state index in [4.69, 9.17) is 4.98 Å². The van der Waals surface area contributed by atoms with Crippen molar-refractivity contribution in [2.45, 2.75) is 44.2 Å². The molecule has 1 aromatic rings. The molecule has 0 amide bonds. The fourth-order valence-corrected chi connectivity index (χ4v) is 5.68. The zero-order chi connectivity index (χ0) is 20.2. The van der Waals surface area contributed by atoms with Crippen molar-refractivity contribution in [3.05, 3.63) is 42.3 Å². The molecule has 4 aliphatic rings. The number of anilines is 2. The number of fused-ring (bicyclic) bond motifs is 1.